The molecule has 0 aliphatic heterocycles. The van der Waals surface area contributed by atoms with Crippen LogP contribution in [0.5, 0.6) is 0 Å². The van der Waals surface area contributed by atoms with Gasteiger partial charge in [-0.3, -0.25) is 4.79 Å². The second-order valence-corrected chi connectivity index (χ2v) is 12.6. The Kier molecular flexibility index (Phi) is 7.37. The Morgan fingerprint density at radius 3 is 1.36 bits per heavy atom. The van der Waals surface area contributed by atoms with Gasteiger partial charge >= 0.3 is 0 Å². The topological polar surface area (TPSA) is 17.1 Å². The maximum Gasteiger partial charge on any atom is 0.195 e. The van der Waals surface area contributed by atoms with Crippen molar-refractivity contribution in [3.05, 3.63) is 157 Å². The SMILES string of the molecule is CSc1ccccc1C(=O)C(c1ccccc1)=P(c1ccccc1)(c1ccccc1)c1ccccc1. The lowest BCUT2D eigenvalue weighted by Gasteiger charge is -2.33. The first-order valence-electron chi connectivity index (χ1n) is 11.9. The summed E-state index contributed by atoms with van der Waals surface area (Å²) in [6.07, 6.45) is 2.03. The lowest BCUT2D eigenvalue weighted by Crippen LogP contribution is -2.34. The zero-order chi connectivity index (χ0) is 24.8. The summed E-state index contributed by atoms with van der Waals surface area (Å²) >= 11 is 1.61. The molecule has 1 nitrogen and oxygen atoms in total. The van der Waals surface area contributed by atoms with Crippen molar-refractivity contribution in [2.45, 2.75) is 4.90 Å². The molecule has 0 spiro atoms. The number of ketones is 1. The summed E-state index contributed by atoms with van der Waals surface area (Å²) in [6.45, 7) is -2.58. The van der Waals surface area contributed by atoms with Crippen molar-refractivity contribution in [2.24, 2.45) is 0 Å². The van der Waals surface area contributed by atoms with E-state index in [2.05, 4.69) is 84.9 Å². The minimum Gasteiger partial charge on any atom is -0.288 e. The molecule has 0 bridgehead atoms. The monoisotopic (exact) mass is 502 g/mol. The predicted octanol–water partition coefficient (Wildman–Crippen LogP) is 6.81. The third-order valence-electron chi connectivity index (χ3n) is 6.38. The molecule has 0 saturated carbocycles. The van der Waals surface area contributed by atoms with E-state index < -0.39 is 6.89 Å². The molecule has 0 amide bonds. The third kappa shape index (κ3) is 4.39. The Morgan fingerprint density at radius 1 is 0.528 bits per heavy atom. The highest BCUT2D eigenvalue weighted by Gasteiger charge is 2.34. The zero-order valence-corrected chi connectivity index (χ0v) is 21.8. The number of carbonyl (C=O) groups is 1. The number of thioether (sulfide) groups is 1. The van der Waals surface area contributed by atoms with Crippen molar-refractivity contribution >= 4 is 45.6 Å². The van der Waals surface area contributed by atoms with Crippen LogP contribution in [-0.2, 0) is 0 Å². The maximum atomic E-state index is 14.9. The summed E-state index contributed by atoms with van der Waals surface area (Å²) in [7, 11) is 0. The van der Waals surface area contributed by atoms with Gasteiger partial charge in [0.1, 0.15) is 0 Å². The molecular weight excluding hydrogens is 475 g/mol. The molecule has 0 fully saturated rings. The summed E-state index contributed by atoms with van der Waals surface area (Å²) in [5, 5.41) is 4.34. The van der Waals surface area contributed by atoms with E-state index in [1.54, 1.807) is 11.8 Å². The average molecular weight is 503 g/mol. The van der Waals surface area contributed by atoms with Crippen LogP contribution in [0.25, 0.3) is 0 Å². The number of carbonyl (C=O) groups excluding carboxylic acids is 1. The fourth-order valence-electron chi connectivity index (χ4n) is 4.82. The number of rotatable bonds is 7. The summed E-state index contributed by atoms with van der Waals surface area (Å²) in [5.41, 5.74) is 1.71. The highest BCUT2D eigenvalue weighted by atomic mass is 32.2. The van der Waals surface area contributed by atoms with Crippen LogP contribution in [0.2, 0.25) is 0 Å². The maximum absolute atomic E-state index is 14.9. The molecule has 176 valence electrons. The van der Waals surface area contributed by atoms with E-state index in [0.29, 0.717) is 0 Å². The number of Topliss-reactive ketones (excluding diaryl/α,β-unsaturated/α-hetero) is 1. The standard InChI is InChI=1S/C33H27OPS/c1-36-31-25-15-14-24-30(31)32(34)33(26-16-6-2-7-17-26)35(27-18-8-3-9-19-27,28-20-10-4-11-21-28)29-22-12-5-13-23-29/h2-25H,1H3. The lowest BCUT2D eigenvalue weighted by atomic mass is 10.0. The van der Waals surface area contributed by atoms with Crippen LogP contribution in [0.15, 0.2) is 150 Å². The predicted molar refractivity (Wildman–Crippen MR) is 158 cm³/mol. The smallest absolute Gasteiger partial charge is 0.195 e. The Morgan fingerprint density at radius 2 is 0.917 bits per heavy atom. The van der Waals surface area contributed by atoms with E-state index in [1.165, 1.54) is 0 Å². The van der Waals surface area contributed by atoms with E-state index in [4.69, 9.17) is 0 Å². The van der Waals surface area contributed by atoms with Gasteiger partial charge in [-0.1, -0.05) is 133 Å². The summed E-state index contributed by atoms with van der Waals surface area (Å²) in [6, 6.07) is 49.9. The van der Waals surface area contributed by atoms with Gasteiger partial charge in [-0.05, 0) is 46.8 Å². The first-order valence-corrected chi connectivity index (χ1v) is 14.9. The Hall–Kier alpha value is -3.58. The normalized spacial score (nSPS) is 11.1. The van der Waals surface area contributed by atoms with Crippen LogP contribution in [-0.4, -0.2) is 17.3 Å². The minimum absolute atomic E-state index is 0.0797. The molecule has 0 saturated heterocycles. The number of hydrogen-bond donors (Lipinski definition) is 0. The van der Waals surface area contributed by atoms with Crippen LogP contribution in [0.4, 0.5) is 0 Å². The van der Waals surface area contributed by atoms with E-state index in [1.807, 2.05) is 66.9 Å². The van der Waals surface area contributed by atoms with Crippen LogP contribution in [0.1, 0.15) is 15.9 Å². The minimum atomic E-state index is -2.58. The van der Waals surface area contributed by atoms with Gasteiger partial charge in [0, 0.05) is 15.8 Å². The molecule has 3 heteroatoms. The first kappa shape index (κ1) is 24.1. The third-order valence-corrected chi connectivity index (χ3v) is 11.5. The second kappa shape index (κ2) is 11.0. The first-order chi connectivity index (χ1) is 17.8. The molecule has 0 aliphatic rings. The Bertz CT molecular complexity index is 1410. The average Bonchev–Trinajstić information content (AvgIpc) is 2.97. The molecule has 5 rings (SSSR count). The summed E-state index contributed by atoms with van der Waals surface area (Å²) < 4.78 is 0. The Balaban J connectivity index is 2.06. The van der Waals surface area contributed by atoms with E-state index in [-0.39, 0.29) is 5.78 Å². The number of benzene rings is 5. The summed E-state index contributed by atoms with van der Waals surface area (Å²) in [4.78, 5) is 15.9. The highest BCUT2D eigenvalue weighted by molar-refractivity contribution is 7.99. The number of hydrogen-bond acceptors (Lipinski definition) is 2. The van der Waals surface area contributed by atoms with Gasteiger partial charge in [0.05, 0.1) is 0 Å². The summed E-state index contributed by atoms with van der Waals surface area (Å²) in [5.74, 6) is 0.0797. The van der Waals surface area contributed by atoms with Crippen LogP contribution in [0, 0.1) is 0 Å². The van der Waals surface area contributed by atoms with Crippen molar-refractivity contribution in [1.82, 2.24) is 0 Å². The zero-order valence-electron chi connectivity index (χ0n) is 20.1. The van der Waals surface area contributed by atoms with Gasteiger partial charge in [-0.2, -0.15) is 0 Å². The largest absolute Gasteiger partial charge is 0.288 e. The highest BCUT2D eigenvalue weighted by Crippen LogP contribution is 2.48. The molecule has 5 aromatic rings. The molecule has 0 aromatic heterocycles. The van der Waals surface area contributed by atoms with Gasteiger partial charge in [0.15, 0.2) is 5.78 Å². The van der Waals surface area contributed by atoms with Gasteiger partial charge in [0.25, 0.3) is 0 Å². The van der Waals surface area contributed by atoms with Crippen molar-refractivity contribution in [2.75, 3.05) is 6.26 Å². The van der Waals surface area contributed by atoms with Gasteiger partial charge < -0.3 is 0 Å². The molecule has 0 radical (unpaired) electrons. The molecule has 36 heavy (non-hydrogen) atoms. The van der Waals surface area contributed by atoms with E-state index in [0.717, 1.165) is 37.2 Å². The molecule has 0 N–H and O–H groups in total. The molecule has 0 aliphatic carbocycles. The van der Waals surface area contributed by atoms with Crippen LogP contribution < -0.4 is 15.9 Å². The fraction of sp³-hybridized carbons (Fsp3) is 0.0303. The van der Waals surface area contributed by atoms with Gasteiger partial charge in [-0.15, -0.1) is 11.8 Å². The van der Waals surface area contributed by atoms with Crippen molar-refractivity contribution in [3.8, 4) is 0 Å². The van der Waals surface area contributed by atoms with Gasteiger partial charge in [0.2, 0.25) is 0 Å². The van der Waals surface area contributed by atoms with E-state index in [9.17, 15) is 4.79 Å². The van der Waals surface area contributed by atoms with Crippen LogP contribution >= 0.6 is 18.6 Å². The lowest BCUT2D eigenvalue weighted by molar-refractivity contribution is 0.106. The fourth-order valence-corrected chi connectivity index (χ4v) is 9.91. The molecule has 0 heterocycles. The van der Waals surface area contributed by atoms with Crippen molar-refractivity contribution < 1.29 is 4.79 Å². The van der Waals surface area contributed by atoms with E-state index >= 15 is 0 Å². The molecular formula is C33H27OPS. The van der Waals surface area contributed by atoms with Crippen molar-refractivity contribution in [1.29, 1.82) is 0 Å². The molecule has 0 atom stereocenters. The van der Waals surface area contributed by atoms with Crippen molar-refractivity contribution in [3.63, 3.8) is 0 Å². The second-order valence-electron chi connectivity index (χ2n) is 8.42. The molecule has 0 unspecified atom stereocenters. The van der Waals surface area contributed by atoms with Crippen LogP contribution in [0.3, 0.4) is 0 Å². The Labute approximate surface area is 217 Å². The quantitative estimate of drug-likeness (QED) is 0.138. The van der Waals surface area contributed by atoms with Gasteiger partial charge in [-0.25, -0.2) is 0 Å². The molecule has 5 aromatic carbocycles.